The lowest BCUT2D eigenvalue weighted by atomic mass is 9.99. The maximum absolute atomic E-state index is 12.9. The first-order valence-corrected chi connectivity index (χ1v) is 10.0. The molecule has 1 fully saturated rings. The lowest BCUT2D eigenvalue weighted by Crippen LogP contribution is -2.42. The first kappa shape index (κ1) is 14.6. The summed E-state index contributed by atoms with van der Waals surface area (Å²) in [4.78, 5) is 12.9. The van der Waals surface area contributed by atoms with Crippen LogP contribution in [0.2, 0.25) is 0 Å². The van der Waals surface area contributed by atoms with Crippen LogP contribution < -0.4 is 5.01 Å². The van der Waals surface area contributed by atoms with E-state index in [0.29, 0.717) is 5.25 Å². The van der Waals surface area contributed by atoms with Crippen LogP contribution in [0.5, 0.6) is 0 Å². The van der Waals surface area contributed by atoms with Gasteiger partial charge in [0.25, 0.3) is 5.91 Å². The van der Waals surface area contributed by atoms with Crippen molar-refractivity contribution >= 4 is 17.7 Å². The molecule has 0 unspecified atom stereocenters. The number of aromatic nitrogens is 1. The van der Waals surface area contributed by atoms with Crippen LogP contribution in [0.3, 0.4) is 0 Å². The van der Waals surface area contributed by atoms with Crippen LogP contribution in [0.15, 0.2) is 42.6 Å². The van der Waals surface area contributed by atoms with Gasteiger partial charge in [-0.05, 0) is 43.0 Å². The van der Waals surface area contributed by atoms with Gasteiger partial charge >= 0.3 is 0 Å². The largest absolute Gasteiger partial charge is 0.273 e. The number of benzene rings is 1. The lowest BCUT2D eigenvalue weighted by molar-refractivity contribution is 0.0954. The van der Waals surface area contributed by atoms with Gasteiger partial charge in [0.2, 0.25) is 0 Å². The molecule has 1 saturated carbocycles. The zero-order chi connectivity index (χ0) is 16.1. The van der Waals surface area contributed by atoms with E-state index in [1.54, 1.807) is 0 Å². The van der Waals surface area contributed by atoms with E-state index in [9.17, 15) is 4.79 Å². The maximum Gasteiger partial charge on any atom is 0.273 e. The molecular formula is C20H22N2OS. The summed E-state index contributed by atoms with van der Waals surface area (Å²) in [5, 5.41) is 3.24. The molecule has 0 N–H and O–H groups in total. The van der Waals surface area contributed by atoms with Gasteiger partial charge in [0.15, 0.2) is 0 Å². The Kier molecular flexibility index (Phi) is 3.47. The highest BCUT2D eigenvalue weighted by Crippen LogP contribution is 2.50. The number of carbonyl (C=O) groups excluding carboxylic acids is 1. The van der Waals surface area contributed by atoms with E-state index < -0.39 is 0 Å². The maximum atomic E-state index is 12.9. The normalized spacial score (nSPS) is 26.2. The molecule has 124 valence electrons. The molecule has 3 heterocycles. The fourth-order valence-electron chi connectivity index (χ4n) is 4.57. The van der Waals surface area contributed by atoms with Crippen LogP contribution >= 0.6 is 11.8 Å². The Balaban J connectivity index is 1.51. The number of fused-ring (bicyclic) bond motifs is 5. The third-order valence-corrected chi connectivity index (χ3v) is 7.34. The minimum Gasteiger partial charge on any atom is -0.267 e. The van der Waals surface area contributed by atoms with Crippen LogP contribution in [0.1, 0.15) is 71.4 Å². The second-order valence-corrected chi connectivity index (χ2v) is 8.66. The minimum atomic E-state index is 0.147. The van der Waals surface area contributed by atoms with Crippen LogP contribution in [-0.4, -0.2) is 15.8 Å². The molecule has 3 aliphatic rings. The van der Waals surface area contributed by atoms with Crippen molar-refractivity contribution in [1.29, 1.82) is 0 Å². The number of carbonyl (C=O) groups is 1. The molecule has 1 aliphatic carbocycles. The second kappa shape index (κ2) is 5.69. The molecule has 0 saturated heterocycles. The van der Waals surface area contributed by atoms with Crippen molar-refractivity contribution in [2.75, 3.05) is 5.01 Å². The Morgan fingerprint density at radius 3 is 2.71 bits per heavy atom. The van der Waals surface area contributed by atoms with Crippen molar-refractivity contribution < 1.29 is 4.79 Å². The Labute approximate surface area is 147 Å². The molecule has 2 aliphatic heterocycles. The molecule has 5 rings (SSSR count). The highest BCUT2D eigenvalue weighted by Gasteiger charge is 2.44. The smallest absolute Gasteiger partial charge is 0.267 e. The standard InChI is InChI=1S/C20H22N2OS/c23-20-16-10-5-4-9-15(16)18-13-19(24-14-7-2-1-3-8-14)17-11-6-12-21(17)22(18)20/h4-6,9-12,14,18-19H,1-3,7-8,13H2/t18-,19+/m1/s1. The number of hydrogen-bond donors (Lipinski definition) is 0. The third-order valence-electron chi connectivity index (χ3n) is 5.72. The molecule has 0 radical (unpaired) electrons. The Bertz CT molecular complexity index is 777. The number of hydrogen-bond acceptors (Lipinski definition) is 2. The van der Waals surface area contributed by atoms with Crippen molar-refractivity contribution in [3.63, 3.8) is 0 Å². The van der Waals surface area contributed by atoms with Crippen LogP contribution in [0.25, 0.3) is 0 Å². The van der Waals surface area contributed by atoms with Gasteiger partial charge in [0, 0.05) is 22.3 Å². The van der Waals surface area contributed by atoms with Crippen molar-refractivity contribution in [3.8, 4) is 0 Å². The van der Waals surface area contributed by atoms with Gasteiger partial charge in [-0.2, -0.15) is 0 Å². The average molecular weight is 338 g/mol. The van der Waals surface area contributed by atoms with Crippen LogP contribution in [-0.2, 0) is 0 Å². The molecule has 3 nitrogen and oxygen atoms in total. The first-order chi connectivity index (χ1) is 11.8. The lowest BCUT2D eigenvalue weighted by Gasteiger charge is -2.38. The van der Waals surface area contributed by atoms with E-state index in [0.717, 1.165) is 17.2 Å². The van der Waals surface area contributed by atoms with E-state index in [1.807, 2.05) is 17.1 Å². The van der Waals surface area contributed by atoms with E-state index in [4.69, 9.17) is 0 Å². The fourth-order valence-corrected chi connectivity index (χ4v) is 6.26. The zero-order valence-corrected chi connectivity index (χ0v) is 14.5. The van der Waals surface area contributed by atoms with Gasteiger partial charge in [-0.1, -0.05) is 37.5 Å². The van der Waals surface area contributed by atoms with Crippen molar-refractivity contribution in [1.82, 2.24) is 4.68 Å². The first-order valence-electron chi connectivity index (χ1n) is 9.08. The van der Waals surface area contributed by atoms with Gasteiger partial charge in [-0.15, -0.1) is 11.8 Å². The summed E-state index contributed by atoms with van der Waals surface area (Å²) in [6, 6.07) is 12.6. The molecule has 0 spiro atoms. The third kappa shape index (κ3) is 2.16. The summed E-state index contributed by atoms with van der Waals surface area (Å²) in [5.41, 5.74) is 3.38. The quantitative estimate of drug-likeness (QED) is 0.783. The molecule has 24 heavy (non-hydrogen) atoms. The molecule has 1 amide bonds. The van der Waals surface area contributed by atoms with Crippen LogP contribution in [0, 0.1) is 0 Å². The number of amides is 1. The van der Waals surface area contributed by atoms with Crippen molar-refractivity contribution in [3.05, 3.63) is 59.4 Å². The molecule has 1 aromatic carbocycles. The summed E-state index contributed by atoms with van der Waals surface area (Å²) in [5.74, 6) is 0.147. The van der Waals surface area contributed by atoms with Crippen molar-refractivity contribution in [2.24, 2.45) is 0 Å². The monoisotopic (exact) mass is 338 g/mol. The summed E-state index contributed by atoms with van der Waals surface area (Å²) in [7, 11) is 0. The van der Waals surface area contributed by atoms with Crippen molar-refractivity contribution in [2.45, 2.75) is 55.1 Å². The van der Waals surface area contributed by atoms with E-state index in [1.165, 1.54) is 43.4 Å². The van der Waals surface area contributed by atoms with E-state index in [2.05, 4.69) is 46.9 Å². The number of nitrogens with zero attached hydrogens (tertiary/aromatic N) is 2. The highest BCUT2D eigenvalue weighted by atomic mass is 32.2. The SMILES string of the molecule is O=C1c2ccccc2[C@H]2C[C@H](SC3CCCCC3)c3cccn3N12. The Hall–Kier alpha value is -1.68. The second-order valence-electron chi connectivity index (χ2n) is 7.15. The van der Waals surface area contributed by atoms with E-state index >= 15 is 0 Å². The zero-order valence-electron chi connectivity index (χ0n) is 13.7. The highest BCUT2D eigenvalue weighted by molar-refractivity contribution is 8.00. The Morgan fingerprint density at radius 2 is 1.83 bits per heavy atom. The van der Waals surface area contributed by atoms with Gasteiger partial charge in [0.1, 0.15) is 0 Å². The number of rotatable bonds is 2. The van der Waals surface area contributed by atoms with Gasteiger partial charge < -0.3 is 0 Å². The Morgan fingerprint density at radius 1 is 1.00 bits per heavy atom. The molecular weight excluding hydrogens is 316 g/mol. The summed E-state index contributed by atoms with van der Waals surface area (Å²) in [6.07, 6.45) is 9.95. The van der Waals surface area contributed by atoms with Gasteiger partial charge in [-0.3, -0.25) is 9.47 Å². The average Bonchev–Trinajstić information content (AvgIpc) is 3.21. The fraction of sp³-hybridized carbons (Fsp3) is 0.450. The summed E-state index contributed by atoms with van der Waals surface area (Å²) >= 11 is 2.15. The number of thioether (sulfide) groups is 1. The van der Waals surface area contributed by atoms with Gasteiger partial charge in [-0.25, -0.2) is 5.01 Å². The van der Waals surface area contributed by atoms with E-state index in [-0.39, 0.29) is 11.9 Å². The molecule has 2 atom stereocenters. The molecule has 2 aromatic rings. The minimum absolute atomic E-state index is 0.147. The molecule has 1 aromatic heterocycles. The predicted molar refractivity (Wildman–Crippen MR) is 98.0 cm³/mol. The predicted octanol–water partition coefficient (Wildman–Crippen LogP) is 4.83. The summed E-state index contributed by atoms with van der Waals surface area (Å²) in [6.45, 7) is 0. The molecule has 4 heteroatoms. The van der Waals surface area contributed by atoms with Crippen LogP contribution in [0.4, 0.5) is 0 Å². The summed E-state index contributed by atoms with van der Waals surface area (Å²) < 4.78 is 2.12. The topological polar surface area (TPSA) is 25.2 Å². The van der Waals surface area contributed by atoms with Gasteiger partial charge in [0.05, 0.1) is 11.7 Å². The molecule has 0 bridgehead atoms.